The van der Waals surface area contributed by atoms with Gasteiger partial charge in [0.15, 0.2) is 11.6 Å². The topological polar surface area (TPSA) is 41.5 Å². The van der Waals surface area contributed by atoms with Gasteiger partial charge in [0.2, 0.25) is 0 Å². The van der Waals surface area contributed by atoms with Crippen molar-refractivity contribution in [2.75, 3.05) is 13.7 Å². The van der Waals surface area contributed by atoms with Crippen LogP contribution in [0.5, 0.6) is 5.75 Å². The van der Waals surface area contributed by atoms with Crippen LogP contribution in [0.15, 0.2) is 18.2 Å². The third kappa shape index (κ3) is 3.67. The lowest BCUT2D eigenvalue weighted by Crippen LogP contribution is -2.33. The molecular formula is C15H22FNO2. The lowest BCUT2D eigenvalue weighted by atomic mass is 9.86. The molecule has 1 fully saturated rings. The molecular weight excluding hydrogens is 245 g/mol. The van der Waals surface area contributed by atoms with Gasteiger partial charge in [-0.25, -0.2) is 4.39 Å². The molecule has 1 aliphatic carbocycles. The fourth-order valence-corrected chi connectivity index (χ4v) is 2.67. The summed E-state index contributed by atoms with van der Waals surface area (Å²) in [6.45, 7) is 1.20. The van der Waals surface area contributed by atoms with Crippen LogP contribution >= 0.6 is 0 Å². The van der Waals surface area contributed by atoms with Gasteiger partial charge in [0.05, 0.1) is 13.2 Å². The Bertz CT molecular complexity index is 411. The first-order valence-corrected chi connectivity index (χ1v) is 6.92. The molecule has 4 heteroatoms. The first kappa shape index (κ1) is 14.3. The fraction of sp³-hybridized carbons (Fsp3) is 0.600. The highest BCUT2D eigenvalue weighted by atomic mass is 19.1. The first-order valence-electron chi connectivity index (χ1n) is 6.92. The van der Waals surface area contributed by atoms with E-state index in [-0.39, 0.29) is 17.7 Å². The molecule has 0 aromatic heterocycles. The summed E-state index contributed by atoms with van der Waals surface area (Å²) in [5.41, 5.74) is 0.602. The van der Waals surface area contributed by atoms with Crippen molar-refractivity contribution < 1.29 is 14.2 Å². The van der Waals surface area contributed by atoms with E-state index in [2.05, 4.69) is 5.32 Å². The summed E-state index contributed by atoms with van der Waals surface area (Å²) < 4.78 is 18.9. The molecule has 0 bridgehead atoms. The van der Waals surface area contributed by atoms with E-state index in [9.17, 15) is 9.50 Å². The van der Waals surface area contributed by atoms with Crippen LogP contribution in [-0.2, 0) is 6.54 Å². The molecule has 19 heavy (non-hydrogen) atoms. The summed E-state index contributed by atoms with van der Waals surface area (Å²) in [7, 11) is 1.47. The standard InChI is InChI=1S/C15H22FNO2/c1-19-14-8-4-6-12(15(14)16)10-17-9-11-5-2-3-7-13(11)18/h4,6,8,11,13,17-18H,2-3,5,7,9-10H2,1H3. The van der Waals surface area contributed by atoms with E-state index in [0.29, 0.717) is 18.0 Å². The molecule has 1 aliphatic rings. The number of ether oxygens (including phenoxy) is 1. The van der Waals surface area contributed by atoms with Gasteiger partial charge in [0, 0.05) is 18.7 Å². The molecule has 106 valence electrons. The Morgan fingerprint density at radius 2 is 2.16 bits per heavy atom. The molecule has 0 heterocycles. The number of methoxy groups -OCH3 is 1. The Kier molecular flexibility index (Phi) is 5.16. The van der Waals surface area contributed by atoms with Crippen molar-refractivity contribution in [1.29, 1.82) is 0 Å². The second-order valence-electron chi connectivity index (χ2n) is 5.18. The highest BCUT2D eigenvalue weighted by Gasteiger charge is 2.22. The van der Waals surface area contributed by atoms with Gasteiger partial charge in [-0.05, 0) is 24.8 Å². The molecule has 0 amide bonds. The number of hydrogen-bond donors (Lipinski definition) is 2. The zero-order valence-electron chi connectivity index (χ0n) is 11.4. The van der Waals surface area contributed by atoms with Crippen LogP contribution in [0.2, 0.25) is 0 Å². The number of aliphatic hydroxyl groups excluding tert-OH is 1. The van der Waals surface area contributed by atoms with Crippen LogP contribution < -0.4 is 10.1 Å². The smallest absolute Gasteiger partial charge is 0.169 e. The normalized spacial score (nSPS) is 23.3. The molecule has 2 unspecified atom stereocenters. The Hall–Kier alpha value is -1.13. The van der Waals surface area contributed by atoms with Crippen LogP contribution in [-0.4, -0.2) is 24.9 Å². The van der Waals surface area contributed by atoms with Gasteiger partial charge in [0.1, 0.15) is 0 Å². The average molecular weight is 267 g/mol. The predicted octanol–water partition coefficient (Wildman–Crippen LogP) is 2.48. The molecule has 2 atom stereocenters. The van der Waals surface area contributed by atoms with E-state index in [0.717, 1.165) is 25.8 Å². The molecule has 1 aromatic carbocycles. The predicted molar refractivity (Wildman–Crippen MR) is 72.6 cm³/mol. The van der Waals surface area contributed by atoms with Gasteiger partial charge in [-0.3, -0.25) is 0 Å². The monoisotopic (exact) mass is 267 g/mol. The minimum atomic E-state index is -0.304. The lowest BCUT2D eigenvalue weighted by Gasteiger charge is -2.27. The van der Waals surface area contributed by atoms with E-state index in [4.69, 9.17) is 4.74 Å². The summed E-state index contributed by atoms with van der Waals surface area (Å²) in [5.74, 6) is 0.265. The lowest BCUT2D eigenvalue weighted by molar-refractivity contribution is 0.0694. The molecule has 1 saturated carbocycles. The average Bonchev–Trinajstić information content (AvgIpc) is 2.43. The largest absolute Gasteiger partial charge is 0.494 e. The second-order valence-corrected chi connectivity index (χ2v) is 5.18. The Balaban J connectivity index is 1.85. The van der Waals surface area contributed by atoms with E-state index >= 15 is 0 Å². The molecule has 0 saturated heterocycles. The maximum Gasteiger partial charge on any atom is 0.169 e. The summed E-state index contributed by atoms with van der Waals surface area (Å²) in [5, 5.41) is 13.1. The van der Waals surface area contributed by atoms with E-state index in [1.54, 1.807) is 18.2 Å². The highest BCUT2D eigenvalue weighted by Crippen LogP contribution is 2.24. The fourth-order valence-electron chi connectivity index (χ4n) is 2.67. The summed E-state index contributed by atoms with van der Waals surface area (Å²) in [6, 6.07) is 5.15. The van der Waals surface area contributed by atoms with Crippen molar-refractivity contribution in [3.8, 4) is 5.75 Å². The van der Waals surface area contributed by atoms with Crippen molar-refractivity contribution in [3.05, 3.63) is 29.6 Å². The number of nitrogens with one attached hydrogen (secondary N) is 1. The third-order valence-corrected chi connectivity index (χ3v) is 3.85. The molecule has 1 aromatic rings. The van der Waals surface area contributed by atoms with Crippen LogP contribution in [0.1, 0.15) is 31.2 Å². The SMILES string of the molecule is COc1cccc(CNCC2CCCCC2O)c1F. The molecule has 2 rings (SSSR count). The van der Waals surface area contributed by atoms with Gasteiger partial charge < -0.3 is 15.2 Å². The van der Waals surface area contributed by atoms with Crippen molar-refractivity contribution in [3.63, 3.8) is 0 Å². The van der Waals surface area contributed by atoms with Gasteiger partial charge in [-0.2, -0.15) is 0 Å². The summed E-state index contributed by atoms with van der Waals surface area (Å²) in [4.78, 5) is 0. The van der Waals surface area contributed by atoms with Crippen LogP contribution in [0, 0.1) is 11.7 Å². The van der Waals surface area contributed by atoms with Gasteiger partial charge >= 0.3 is 0 Å². The van der Waals surface area contributed by atoms with Crippen LogP contribution in [0.3, 0.4) is 0 Å². The molecule has 0 spiro atoms. The second kappa shape index (κ2) is 6.87. The Morgan fingerprint density at radius 3 is 2.89 bits per heavy atom. The first-order chi connectivity index (χ1) is 9.22. The third-order valence-electron chi connectivity index (χ3n) is 3.85. The minimum Gasteiger partial charge on any atom is -0.494 e. The van der Waals surface area contributed by atoms with E-state index < -0.39 is 0 Å². The quantitative estimate of drug-likeness (QED) is 0.861. The van der Waals surface area contributed by atoms with Crippen molar-refractivity contribution in [1.82, 2.24) is 5.32 Å². The number of aliphatic hydroxyl groups is 1. The molecule has 0 aliphatic heterocycles. The van der Waals surface area contributed by atoms with Crippen LogP contribution in [0.4, 0.5) is 4.39 Å². The zero-order chi connectivity index (χ0) is 13.7. The highest BCUT2D eigenvalue weighted by molar-refractivity contribution is 5.30. The number of rotatable bonds is 5. The van der Waals surface area contributed by atoms with E-state index in [1.165, 1.54) is 13.5 Å². The van der Waals surface area contributed by atoms with Gasteiger partial charge in [-0.15, -0.1) is 0 Å². The van der Waals surface area contributed by atoms with Crippen molar-refractivity contribution in [2.45, 2.75) is 38.3 Å². The summed E-state index contributed by atoms with van der Waals surface area (Å²) >= 11 is 0. The Morgan fingerprint density at radius 1 is 1.37 bits per heavy atom. The Labute approximate surface area is 113 Å². The maximum atomic E-state index is 13.9. The van der Waals surface area contributed by atoms with Gasteiger partial charge in [-0.1, -0.05) is 25.0 Å². The van der Waals surface area contributed by atoms with E-state index in [1.807, 2.05) is 0 Å². The van der Waals surface area contributed by atoms with Crippen LogP contribution in [0.25, 0.3) is 0 Å². The molecule has 0 radical (unpaired) electrons. The van der Waals surface area contributed by atoms with Crippen molar-refractivity contribution in [2.24, 2.45) is 5.92 Å². The number of halogens is 1. The molecule has 2 N–H and O–H groups in total. The maximum absolute atomic E-state index is 13.9. The zero-order valence-corrected chi connectivity index (χ0v) is 11.4. The summed E-state index contributed by atoms with van der Waals surface area (Å²) in [6.07, 6.45) is 4.02. The molecule has 3 nitrogen and oxygen atoms in total. The number of hydrogen-bond acceptors (Lipinski definition) is 3. The van der Waals surface area contributed by atoms with Crippen molar-refractivity contribution >= 4 is 0 Å². The number of benzene rings is 1. The minimum absolute atomic E-state index is 0.212. The van der Waals surface area contributed by atoms with Gasteiger partial charge in [0.25, 0.3) is 0 Å².